The van der Waals surface area contributed by atoms with E-state index >= 15 is 0 Å². The summed E-state index contributed by atoms with van der Waals surface area (Å²) >= 11 is 0. The quantitative estimate of drug-likeness (QED) is 0.608. The first-order valence-corrected chi connectivity index (χ1v) is 10.5. The number of amides is 1. The highest BCUT2D eigenvalue weighted by atomic mass is 19.4. The van der Waals surface area contributed by atoms with Crippen molar-refractivity contribution in [3.05, 3.63) is 59.2 Å². The molecule has 0 bridgehead atoms. The van der Waals surface area contributed by atoms with Gasteiger partial charge < -0.3 is 19.3 Å². The van der Waals surface area contributed by atoms with Gasteiger partial charge in [0.25, 0.3) is 5.91 Å². The minimum absolute atomic E-state index is 0.0910. The summed E-state index contributed by atoms with van der Waals surface area (Å²) in [5.41, 5.74) is 0.629. The van der Waals surface area contributed by atoms with Crippen LogP contribution in [-0.2, 0) is 26.9 Å². The first-order valence-electron chi connectivity index (χ1n) is 10.5. The van der Waals surface area contributed by atoms with Crippen LogP contribution in [-0.4, -0.2) is 57.2 Å². The Bertz CT molecular complexity index is 1010. The van der Waals surface area contributed by atoms with E-state index in [9.17, 15) is 22.8 Å². The molecule has 0 saturated heterocycles. The molecule has 6 nitrogen and oxygen atoms in total. The highest BCUT2D eigenvalue weighted by Gasteiger charge is 2.41. The summed E-state index contributed by atoms with van der Waals surface area (Å²) in [6.45, 7) is 1.92. The fourth-order valence-corrected chi connectivity index (χ4v) is 3.96. The van der Waals surface area contributed by atoms with Crippen LogP contribution in [0.25, 0.3) is 0 Å². The molecule has 0 fully saturated rings. The molecular formula is C24H27F3N2O4. The van der Waals surface area contributed by atoms with Crippen molar-refractivity contribution in [1.82, 2.24) is 4.90 Å². The molecule has 2 atom stereocenters. The van der Waals surface area contributed by atoms with Crippen LogP contribution in [0.4, 0.5) is 18.9 Å². The largest absolute Gasteiger partial charge is 0.497 e. The Morgan fingerprint density at radius 1 is 1.15 bits per heavy atom. The monoisotopic (exact) mass is 464 g/mol. The Labute approximate surface area is 190 Å². The molecule has 2 aromatic rings. The number of hydrogen-bond donors (Lipinski definition) is 0. The second kappa shape index (κ2) is 9.82. The first-order chi connectivity index (χ1) is 15.5. The third-order valence-electron chi connectivity index (χ3n) is 5.62. The van der Waals surface area contributed by atoms with Crippen molar-refractivity contribution in [1.29, 1.82) is 0 Å². The number of methoxy groups -OCH3 is 1. The number of alkyl halides is 3. The highest BCUT2D eigenvalue weighted by Crippen LogP contribution is 2.40. The Kier molecular flexibility index (Phi) is 7.31. The lowest BCUT2D eigenvalue weighted by atomic mass is 9.87. The molecular weight excluding hydrogens is 437 g/mol. The van der Waals surface area contributed by atoms with E-state index in [2.05, 4.69) is 0 Å². The maximum absolute atomic E-state index is 13.6. The molecule has 1 aliphatic heterocycles. The van der Waals surface area contributed by atoms with E-state index < -0.39 is 35.6 Å². The van der Waals surface area contributed by atoms with Gasteiger partial charge in [-0.05, 0) is 62.0 Å². The summed E-state index contributed by atoms with van der Waals surface area (Å²) < 4.78 is 51.1. The molecule has 0 radical (unpaired) electrons. The molecule has 2 unspecified atom stereocenters. The van der Waals surface area contributed by atoms with Crippen molar-refractivity contribution >= 4 is 17.6 Å². The zero-order valence-corrected chi connectivity index (χ0v) is 19.0. The Balaban J connectivity index is 2.15. The highest BCUT2D eigenvalue weighted by molar-refractivity contribution is 5.99. The van der Waals surface area contributed by atoms with E-state index in [1.54, 1.807) is 24.3 Å². The van der Waals surface area contributed by atoms with Gasteiger partial charge >= 0.3 is 12.1 Å². The molecule has 0 saturated carbocycles. The van der Waals surface area contributed by atoms with Crippen LogP contribution in [0.3, 0.4) is 0 Å². The maximum atomic E-state index is 13.6. The number of carbonyl (C=O) groups excluding carboxylic acids is 2. The van der Waals surface area contributed by atoms with Crippen LogP contribution in [0.5, 0.6) is 5.75 Å². The summed E-state index contributed by atoms with van der Waals surface area (Å²) in [5, 5.41) is 0. The molecule has 0 aliphatic carbocycles. The molecule has 9 heteroatoms. The Hall–Kier alpha value is -3.07. The maximum Gasteiger partial charge on any atom is 0.416 e. The third kappa shape index (κ3) is 5.65. The van der Waals surface area contributed by atoms with Crippen molar-refractivity contribution in [2.75, 3.05) is 39.2 Å². The standard InChI is InChI=1S/C24H27F3N2O4/c1-15(30)33-22-20(16-5-8-19(32-4)9-6-16)14-17-13-18(24(25,26)27)7-10-21(17)29(23(22)31)12-11-28(2)3/h5-10,13,20,22H,11-12,14H2,1-4H3. The summed E-state index contributed by atoms with van der Waals surface area (Å²) in [4.78, 5) is 28.8. The number of fused-ring (bicyclic) bond motifs is 1. The van der Waals surface area contributed by atoms with Crippen molar-refractivity contribution in [3.63, 3.8) is 0 Å². The minimum atomic E-state index is -4.52. The van der Waals surface area contributed by atoms with E-state index in [0.29, 0.717) is 29.1 Å². The SMILES string of the molecule is COc1ccc(C2Cc3cc(C(F)(F)F)ccc3N(CCN(C)C)C(=O)C2OC(C)=O)cc1. The number of benzene rings is 2. The van der Waals surface area contributed by atoms with E-state index in [1.807, 2.05) is 19.0 Å². The number of nitrogens with zero attached hydrogens (tertiary/aromatic N) is 2. The van der Waals surface area contributed by atoms with E-state index in [1.165, 1.54) is 25.0 Å². The molecule has 1 aliphatic rings. The first kappa shape index (κ1) is 24.6. The van der Waals surface area contributed by atoms with Crippen LogP contribution in [0.15, 0.2) is 42.5 Å². The van der Waals surface area contributed by atoms with Gasteiger partial charge in [0.05, 0.1) is 12.7 Å². The minimum Gasteiger partial charge on any atom is -0.497 e. The smallest absolute Gasteiger partial charge is 0.416 e. The fraction of sp³-hybridized carbons (Fsp3) is 0.417. The van der Waals surface area contributed by atoms with Crippen LogP contribution in [0, 0.1) is 0 Å². The third-order valence-corrected chi connectivity index (χ3v) is 5.62. The zero-order valence-electron chi connectivity index (χ0n) is 19.0. The Morgan fingerprint density at radius 2 is 1.82 bits per heavy atom. The fourth-order valence-electron chi connectivity index (χ4n) is 3.96. The molecule has 0 N–H and O–H groups in total. The molecule has 0 spiro atoms. The van der Waals surface area contributed by atoms with Gasteiger partial charge in [-0.1, -0.05) is 12.1 Å². The molecule has 2 aromatic carbocycles. The second-order valence-corrected chi connectivity index (χ2v) is 8.25. The van der Waals surface area contributed by atoms with E-state index in [0.717, 1.165) is 12.1 Å². The number of esters is 1. The van der Waals surface area contributed by atoms with Crippen molar-refractivity contribution in [3.8, 4) is 5.75 Å². The zero-order chi connectivity index (χ0) is 24.3. The number of hydrogen-bond acceptors (Lipinski definition) is 5. The summed E-state index contributed by atoms with van der Waals surface area (Å²) in [6, 6.07) is 10.2. The summed E-state index contributed by atoms with van der Waals surface area (Å²) in [7, 11) is 5.18. The molecule has 33 heavy (non-hydrogen) atoms. The van der Waals surface area contributed by atoms with Crippen LogP contribution in [0.1, 0.15) is 29.5 Å². The van der Waals surface area contributed by atoms with Gasteiger partial charge in [-0.2, -0.15) is 13.2 Å². The molecule has 1 heterocycles. The predicted octanol–water partition coefficient (Wildman–Crippen LogP) is 3.88. The van der Waals surface area contributed by atoms with Gasteiger partial charge in [0.1, 0.15) is 5.75 Å². The molecule has 0 aromatic heterocycles. The molecule has 3 rings (SSSR count). The van der Waals surface area contributed by atoms with Crippen LogP contribution < -0.4 is 9.64 Å². The number of ether oxygens (including phenoxy) is 2. The number of rotatable bonds is 6. The normalized spacial score (nSPS) is 18.7. The molecule has 178 valence electrons. The number of carbonyl (C=O) groups is 2. The summed E-state index contributed by atoms with van der Waals surface area (Å²) in [6.07, 6.45) is -5.61. The van der Waals surface area contributed by atoms with Gasteiger partial charge in [-0.15, -0.1) is 0 Å². The van der Waals surface area contributed by atoms with Crippen molar-refractivity contribution < 1.29 is 32.2 Å². The topological polar surface area (TPSA) is 59.1 Å². The molecule has 1 amide bonds. The second-order valence-electron chi connectivity index (χ2n) is 8.25. The van der Waals surface area contributed by atoms with Gasteiger partial charge in [-0.25, -0.2) is 0 Å². The van der Waals surface area contributed by atoms with Gasteiger partial charge in [-0.3, -0.25) is 9.59 Å². The van der Waals surface area contributed by atoms with Gasteiger partial charge in [0.15, 0.2) is 6.10 Å². The lowest BCUT2D eigenvalue weighted by Gasteiger charge is -2.29. The summed E-state index contributed by atoms with van der Waals surface area (Å²) in [5.74, 6) is -1.18. The number of likely N-dealkylation sites (N-methyl/N-ethyl adjacent to an activating group) is 1. The average molecular weight is 464 g/mol. The van der Waals surface area contributed by atoms with Crippen LogP contribution >= 0.6 is 0 Å². The van der Waals surface area contributed by atoms with Gasteiger partial charge in [0, 0.05) is 31.6 Å². The lowest BCUT2D eigenvalue weighted by molar-refractivity contribution is -0.154. The lowest BCUT2D eigenvalue weighted by Crippen LogP contribution is -2.45. The Morgan fingerprint density at radius 3 is 2.36 bits per heavy atom. The number of halogens is 3. The number of anilines is 1. The van der Waals surface area contributed by atoms with Crippen LogP contribution in [0.2, 0.25) is 0 Å². The van der Waals surface area contributed by atoms with E-state index in [4.69, 9.17) is 9.47 Å². The average Bonchev–Trinajstić information content (AvgIpc) is 2.86. The van der Waals surface area contributed by atoms with Gasteiger partial charge in [0.2, 0.25) is 0 Å². The van der Waals surface area contributed by atoms with E-state index in [-0.39, 0.29) is 13.0 Å². The van der Waals surface area contributed by atoms with Crippen molar-refractivity contribution in [2.24, 2.45) is 0 Å². The van der Waals surface area contributed by atoms with Crippen molar-refractivity contribution in [2.45, 2.75) is 31.5 Å². The predicted molar refractivity (Wildman–Crippen MR) is 117 cm³/mol.